The Labute approximate surface area is 132 Å². The Hall–Kier alpha value is -1.69. The van der Waals surface area contributed by atoms with E-state index in [-0.39, 0.29) is 23.5 Å². The molecule has 120 valence electrons. The van der Waals surface area contributed by atoms with E-state index in [1.165, 1.54) is 6.08 Å². The molecule has 0 N–H and O–H groups in total. The van der Waals surface area contributed by atoms with E-state index in [4.69, 9.17) is 0 Å². The topological polar surface area (TPSA) is 67.3 Å². The smallest absolute Gasteiger partial charge is 0.246 e. The zero-order valence-corrected chi connectivity index (χ0v) is 13.6. The summed E-state index contributed by atoms with van der Waals surface area (Å²) < 4.78 is 23.3. The largest absolute Gasteiger partial charge is 0.335 e. The van der Waals surface area contributed by atoms with Crippen LogP contribution in [0.1, 0.15) is 31.7 Å². The first-order valence-electron chi connectivity index (χ1n) is 7.61. The van der Waals surface area contributed by atoms with Crippen LogP contribution in [0.3, 0.4) is 0 Å². The van der Waals surface area contributed by atoms with Crippen molar-refractivity contribution in [3.05, 3.63) is 36.2 Å². The number of sulfone groups is 1. The van der Waals surface area contributed by atoms with Crippen molar-refractivity contribution in [2.75, 3.05) is 18.1 Å². The van der Waals surface area contributed by atoms with Gasteiger partial charge in [-0.05, 0) is 30.5 Å². The SMILES string of the molecule is CCCCN(C(=O)/C=C/c1cccnc1)C1CCS(=O)(=O)C1. The van der Waals surface area contributed by atoms with Gasteiger partial charge in [0, 0.05) is 31.1 Å². The van der Waals surface area contributed by atoms with Crippen molar-refractivity contribution >= 4 is 21.8 Å². The molecule has 0 aliphatic carbocycles. The average Bonchev–Trinajstić information content (AvgIpc) is 2.86. The molecule has 1 amide bonds. The molecule has 1 aliphatic heterocycles. The average molecular weight is 322 g/mol. The molecule has 22 heavy (non-hydrogen) atoms. The lowest BCUT2D eigenvalue weighted by atomic mass is 10.2. The van der Waals surface area contributed by atoms with Gasteiger partial charge in [0.1, 0.15) is 0 Å². The first-order valence-corrected chi connectivity index (χ1v) is 9.43. The minimum atomic E-state index is -2.99. The molecule has 5 nitrogen and oxygen atoms in total. The summed E-state index contributed by atoms with van der Waals surface area (Å²) in [6.45, 7) is 2.66. The van der Waals surface area contributed by atoms with Crippen molar-refractivity contribution in [3.63, 3.8) is 0 Å². The summed E-state index contributed by atoms with van der Waals surface area (Å²) in [6.07, 6.45) is 8.97. The molecular formula is C16H22N2O3S. The summed E-state index contributed by atoms with van der Waals surface area (Å²) in [5.74, 6) is 0.141. The van der Waals surface area contributed by atoms with Crippen molar-refractivity contribution in [1.29, 1.82) is 0 Å². The van der Waals surface area contributed by atoms with Gasteiger partial charge in [0.2, 0.25) is 5.91 Å². The summed E-state index contributed by atoms with van der Waals surface area (Å²) in [4.78, 5) is 18.2. The summed E-state index contributed by atoms with van der Waals surface area (Å²) in [7, 11) is -2.99. The fraction of sp³-hybridized carbons (Fsp3) is 0.500. The normalized spacial score (nSPS) is 20.3. The van der Waals surface area contributed by atoms with Crippen molar-refractivity contribution in [2.24, 2.45) is 0 Å². The van der Waals surface area contributed by atoms with Crippen LogP contribution < -0.4 is 0 Å². The third-order valence-corrected chi connectivity index (χ3v) is 5.54. The number of carbonyl (C=O) groups is 1. The van der Waals surface area contributed by atoms with E-state index in [0.717, 1.165) is 18.4 Å². The van der Waals surface area contributed by atoms with Gasteiger partial charge >= 0.3 is 0 Å². The Morgan fingerprint density at radius 1 is 1.50 bits per heavy atom. The monoisotopic (exact) mass is 322 g/mol. The lowest BCUT2D eigenvalue weighted by molar-refractivity contribution is -0.127. The molecule has 1 unspecified atom stereocenters. The van der Waals surface area contributed by atoms with Crippen LogP contribution in [0.2, 0.25) is 0 Å². The standard InChI is InChI=1S/C16H22N2O3S/c1-2-3-10-18(15-8-11-22(20,21)13-15)16(19)7-6-14-5-4-9-17-12-14/h4-7,9,12,15H,2-3,8,10-11,13H2,1H3/b7-6+. The molecule has 1 aromatic heterocycles. The first-order chi connectivity index (χ1) is 10.5. The van der Waals surface area contributed by atoms with Crippen LogP contribution in [0.25, 0.3) is 6.08 Å². The number of amides is 1. The van der Waals surface area contributed by atoms with Crippen LogP contribution in [-0.2, 0) is 14.6 Å². The van der Waals surface area contributed by atoms with Crippen molar-refractivity contribution in [3.8, 4) is 0 Å². The Morgan fingerprint density at radius 2 is 2.32 bits per heavy atom. The molecular weight excluding hydrogens is 300 g/mol. The van der Waals surface area contributed by atoms with Crippen LogP contribution in [0, 0.1) is 0 Å². The fourth-order valence-electron chi connectivity index (χ4n) is 2.56. The second-order valence-electron chi connectivity index (χ2n) is 5.56. The highest BCUT2D eigenvalue weighted by molar-refractivity contribution is 7.91. The maximum Gasteiger partial charge on any atom is 0.246 e. The summed E-state index contributed by atoms with van der Waals surface area (Å²) in [6, 6.07) is 3.48. The highest BCUT2D eigenvalue weighted by Gasteiger charge is 2.33. The molecule has 0 aromatic carbocycles. The Bertz CT molecular complexity index is 626. The molecule has 0 saturated carbocycles. The van der Waals surface area contributed by atoms with Gasteiger partial charge in [-0.25, -0.2) is 8.42 Å². The predicted molar refractivity (Wildman–Crippen MR) is 87.0 cm³/mol. The van der Waals surface area contributed by atoms with Gasteiger partial charge in [-0.3, -0.25) is 9.78 Å². The van der Waals surface area contributed by atoms with Crippen molar-refractivity contribution in [1.82, 2.24) is 9.88 Å². The number of carbonyl (C=O) groups excluding carboxylic acids is 1. The van der Waals surface area contributed by atoms with Crippen LogP contribution in [-0.4, -0.2) is 48.3 Å². The molecule has 6 heteroatoms. The van der Waals surface area contributed by atoms with E-state index in [9.17, 15) is 13.2 Å². The van der Waals surface area contributed by atoms with Gasteiger partial charge in [0.25, 0.3) is 0 Å². The lowest BCUT2D eigenvalue weighted by Gasteiger charge is -2.27. The van der Waals surface area contributed by atoms with E-state index in [1.54, 1.807) is 23.4 Å². The molecule has 0 radical (unpaired) electrons. The quantitative estimate of drug-likeness (QED) is 0.750. The second-order valence-corrected chi connectivity index (χ2v) is 7.79. The van der Waals surface area contributed by atoms with Crippen LogP contribution in [0.15, 0.2) is 30.6 Å². The van der Waals surface area contributed by atoms with Gasteiger partial charge in [0.15, 0.2) is 9.84 Å². The Balaban J connectivity index is 2.08. The van der Waals surface area contributed by atoms with Crippen LogP contribution in [0.5, 0.6) is 0 Å². The van der Waals surface area contributed by atoms with Gasteiger partial charge < -0.3 is 4.90 Å². The number of pyridine rings is 1. The zero-order chi connectivity index (χ0) is 16.0. The fourth-order valence-corrected chi connectivity index (χ4v) is 4.29. The molecule has 2 rings (SSSR count). The van der Waals surface area contributed by atoms with Gasteiger partial charge in [-0.15, -0.1) is 0 Å². The van der Waals surface area contributed by atoms with Gasteiger partial charge in [-0.2, -0.15) is 0 Å². The second kappa shape index (κ2) is 7.54. The molecule has 1 aromatic rings. The molecule has 0 spiro atoms. The van der Waals surface area contributed by atoms with Crippen molar-refractivity contribution in [2.45, 2.75) is 32.2 Å². The molecule has 2 heterocycles. The first kappa shape index (κ1) is 16.7. The molecule has 1 aliphatic rings. The van der Waals surface area contributed by atoms with Crippen LogP contribution >= 0.6 is 0 Å². The Kier molecular flexibility index (Phi) is 5.71. The molecule has 1 saturated heterocycles. The zero-order valence-electron chi connectivity index (χ0n) is 12.8. The minimum absolute atomic E-state index is 0.0865. The predicted octanol–water partition coefficient (Wildman–Crippen LogP) is 1.91. The van der Waals surface area contributed by atoms with E-state index in [0.29, 0.717) is 13.0 Å². The third-order valence-electron chi connectivity index (χ3n) is 3.79. The Morgan fingerprint density at radius 3 is 2.91 bits per heavy atom. The molecule has 1 fully saturated rings. The summed E-state index contributed by atoms with van der Waals surface area (Å²) >= 11 is 0. The third kappa shape index (κ3) is 4.66. The number of hydrogen-bond donors (Lipinski definition) is 0. The molecule has 1 atom stereocenters. The number of hydrogen-bond acceptors (Lipinski definition) is 4. The molecule has 0 bridgehead atoms. The highest BCUT2D eigenvalue weighted by Crippen LogP contribution is 2.19. The van der Waals surface area contributed by atoms with E-state index < -0.39 is 9.84 Å². The van der Waals surface area contributed by atoms with E-state index >= 15 is 0 Å². The number of aromatic nitrogens is 1. The minimum Gasteiger partial charge on any atom is -0.335 e. The summed E-state index contributed by atoms with van der Waals surface area (Å²) in [5, 5.41) is 0. The van der Waals surface area contributed by atoms with Gasteiger partial charge in [0.05, 0.1) is 11.5 Å². The number of rotatable bonds is 6. The number of unbranched alkanes of at least 4 members (excludes halogenated alkanes) is 1. The van der Waals surface area contributed by atoms with Gasteiger partial charge in [-0.1, -0.05) is 19.4 Å². The number of nitrogens with zero attached hydrogens (tertiary/aromatic N) is 2. The highest BCUT2D eigenvalue weighted by atomic mass is 32.2. The van der Waals surface area contributed by atoms with E-state index in [1.807, 2.05) is 12.1 Å². The van der Waals surface area contributed by atoms with Crippen LogP contribution in [0.4, 0.5) is 0 Å². The summed E-state index contributed by atoms with van der Waals surface area (Å²) in [5.41, 5.74) is 0.852. The maximum absolute atomic E-state index is 12.4. The lowest BCUT2D eigenvalue weighted by Crippen LogP contribution is -2.40. The van der Waals surface area contributed by atoms with E-state index in [2.05, 4.69) is 11.9 Å². The maximum atomic E-state index is 12.4. The van der Waals surface area contributed by atoms with Crippen molar-refractivity contribution < 1.29 is 13.2 Å².